The van der Waals surface area contributed by atoms with E-state index in [1.165, 1.54) is 0 Å². The van der Waals surface area contributed by atoms with Crippen molar-refractivity contribution < 1.29 is 14.6 Å². The Balaban J connectivity index is 2.06. The molecule has 0 atom stereocenters. The number of rotatable bonds is 8. The smallest absolute Gasteiger partial charge is 0.128 e. The summed E-state index contributed by atoms with van der Waals surface area (Å²) >= 11 is 0. The Kier molecular flexibility index (Phi) is 6.29. The molecular formula is C19H25NO3. The molecule has 0 unspecified atom stereocenters. The second-order valence-electron chi connectivity index (χ2n) is 5.66. The van der Waals surface area contributed by atoms with Gasteiger partial charge in [-0.25, -0.2) is 0 Å². The van der Waals surface area contributed by atoms with Crippen molar-refractivity contribution in [2.75, 3.05) is 19.0 Å². The molecule has 2 rings (SSSR count). The Labute approximate surface area is 138 Å². The van der Waals surface area contributed by atoms with E-state index in [1.807, 2.05) is 56.3 Å². The van der Waals surface area contributed by atoms with E-state index in [1.54, 1.807) is 7.11 Å². The largest absolute Gasteiger partial charge is 0.497 e. The van der Waals surface area contributed by atoms with Crippen molar-refractivity contribution >= 4 is 5.69 Å². The summed E-state index contributed by atoms with van der Waals surface area (Å²) in [7, 11) is 1.65. The lowest BCUT2D eigenvalue weighted by atomic mass is 10.1. The number of aliphatic hydroxyl groups is 1. The number of hydrogen-bond donors (Lipinski definition) is 2. The van der Waals surface area contributed by atoms with Gasteiger partial charge in [0.15, 0.2) is 0 Å². The summed E-state index contributed by atoms with van der Waals surface area (Å²) in [4.78, 5) is 0. The molecule has 124 valence electrons. The van der Waals surface area contributed by atoms with Crippen LogP contribution in [0, 0.1) is 0 Å². The topological polar surface area (TPSA) is 50.7 Å². The van der Waals surface area contributed by atoms with Crippen LogP contribution in [0.5, 0.6) is 11.5 Å². The molecular weight excluding hydrogens is 290 g/mol. The monoisotopic (exact) mass is 315 g/mol. The number of methoxy groups -OCH3 is 1. The van der Waals surface area contributed by atoms with Gasteiger partial charge < -0.3 is 19.9 Å². The van der Waals surface area contributed by atoms with Crippen molar-refractivity contribution in [3.05, 3.63) is 53.6 Å². The van der Waals surface area contributed by atoms with Crippen LogP contribution in [-0.4, -0.2) is 24.9 Å². The van der Waals surface area contributed by atoms with Crippen LogP contribution in [0.4, 0.5) is 5.69 Å². The first kappa shape index (κ1) is 17.2. The molecule has 0 saturated heterocycles. The molecule has 0 bridgehead atoms. The fourth-order valence-corrected chi connectivity index (χ4v) is 2.29. The van der Waals surface area contributed by atoms with Gasteiger partial charge in [0.2, 0.25) is 0 Å². The van der Waals surface area contributed by atoms with Crippen LogP contribution in [0.1, 0.15) is 25.0 Å². The molecule has 4 heteroatoms. The number of aliphatic hydroxyl groups excluding tert-OH is 1. The fourth-order valence-electron chi connectivity index (χ4n) is 2.29. The van der Waals surface area contributed by atoms with E-state index in [4.69, 9.17) is 14.6 Å². The maximum absolute atomic E-state index is 8.95. The molecule has 0 aliphatic carbocycles. The highest BCUT2D eigenvalue weighted by molar-refractivity contribution is 5.48. The van der Waals surface area contributed by atoms with Crippen molar-refractivity contribution in [1.29, 1.82) is 0 Å². The van der Waals surface area contributed by atoms with Crippen LogP contribution >= 0.6 is 0 Å². The second-order valence-corrected chi connectivity index (χ2v) is 5.66. The average molecular weight is 315 g/mol. The van der Waals surface area contributed by atoms with Crippen molar-refractivity contribution in [1.82, 2.24) is 0 Å². The van der Waals surface area contributed by atoms with Crippen LogP contribution in [0.15, 0.2) is 42.5 Å². The minimum atomic E-state index is 0.110. The highest BCUT2D eigenvalue weighted by Gasteiger charge is 2.08. The standard InChI is InChI=1S/C19H25NO3/c1-14(2)23-19-12-18(22-3)9-6-16(19)13-20-17-7-4-15(5-8-17)10-11-21/h4-9,12,14,20-21H,10-11,13H2,1-3H3. The first-order valence-corrected chi connectivity index (χ1v) is 7.89. The van der Waals surface area contributed by atoms with Gasteiger partial charge in [-0.05, 0) is 50.1 Å². The van der Waals surface area contributed by atoms with Crippen molar-refractivity contribution in [2.45, 2.75) is 32.9 Å². The molecule has 0 spiro atoms. The molecule has 0 fully saturated rings. The van der Waals surface area contributed by atoms with Gasteiger partial charge in [0.05, 0.1) is 13.2 Å². The molecule has 0 aromatic heterocycles. The van der Waals surface area contributed by atoms with Gasteiger partial charge >= 0.3 is 0 Å². The van der Waals surface area contributed by atoms with Crippen molar-refractivity contribution in [2.24, 2.45) is 0 Å². The molecule has 2 N–H and O–H groups in total. The first-order valence-electron chi connectivity index (χ1n) is 7.89. The summed E-state index contributed by atoms with van der Waals surface area (Å²) < 4.78 is 11.1. The normalized spacial score (nSPS) is 10.7. The minimum absolute atomic E-state index is 0.110. The maximum Gasteiger partial charge on any atom is 0.128 e. The van der Waals surface area contributed by atoms with Gasteiger partial charge in [-0.1, -0.05) is 12.1 Å². The predicted molar refractivity (Wildman–Crippen MR) is 93.3 cm³/mol. The first-order chi connectivity index (χ1) is 11.1. The van der Waals surface area contributed by atoms with Gasteiger partial charge in [-0.2, -0.15) is 0 Å². The van der Waals surface area contributed by atoms with E-state index in [0.717, 1.165) is 28.3 Å². The van der Waals surface area contributed by atoms with E-state index in [2.05, 4.69) is 5.32 Å². The van der Waals surface area contributed by atoms with Crippen molar-refractivity contribution in [3.63, 3.8) is 0 Å². The quantitative estimate of drug-likeness (QED) is 0.781. The Morgan fingerprint density at radius 3 is 2.43 bits per heavy atom. The second kappa shape index (κ2) is 8.44. The van der Waals surface area contributed by atoms with Gasteiger partial charge in [-0.3, -0.25) is 0 Å². The Morgan fingerprint density at radius 2 is 1.83 bits per heavy atom. The number of nitrogens with one attached hydrogen (secondary N) is 1. The van der Waals surface area contributed by atoms with E-state index in [0.29, 0.717) is 13.0 Å². The SMILES string of the molecule is COc1ccc(CNc2ccc(CCO)cc2)c(OC(C)C)c1. The lowest BCUT2D eigenvalue weighted by Crippen LogP contribution is -2.09. The summed E-state index contributed by atoms with van der Waals surface area (Å²) in [5, 5.41) is 12.3. The molecule has 23 heavy (non-hydrogen) atoms. The Morgan fingerprint density at radius 1 is 1.09 bits per heavy atom. The molecule has 2 aromatic rings. The van der Waals surface area contributed by atoms with Crippen LogP contribution in [-0.2, 0) is 13.0 Å². The number of anilines is 1. The Hall–Kier alpha value is -2.20. The lowest BCUT2D eigenvalue weighted by Gasteiger charge is -2.16. The zero-order valence-electron chi connectivity index (χ0n) is 14.0. The lowest BCUT2D eigenvalue weighted by molar-refractivity contribution is 0.239. The maximum atomic E-state index is 8.95. The molecule has 0 aliphatic heterocycles. The summed E-state index contributed by atoms with van der Waals surface area (Å²) in [6, 6.07) is 14.0. The number of ether oxygens (including phenoxy) is 2. The summed E-state index contributed by atoms with van der Waals surface area (Å²) in [5.41, 5.74) is 3.25. The summed E-state index contributed by atoms with van der Waals surface area (Å²) in [6.45, 7) is 4.87. The molecule has 0 amide bonds. The average Bonchev–Trinajstić information content (AvgIpc) is 2.54. The van der Waals surface area contributed by atoms with E-state index in [-0.39, 0.29) is 12.7 Å². The fraction of sp³-hybridized carbons (Fsp3) is 0.368. The summed E-state index contributed by atoms with van der Waals surface area (Å²) in [6.07, 6.45) is 0.795. The molecule has 0 saturated carbocycles. The highest BCUT2D eigenvalue weighted by atomic mass is 16.5. The molecule has 2 aromatic carbocycles. The van der Waals surface area contributed by atoms with Gasteiger partial charge in [0, 0.05) is 30.5 Å². The van der Waals surface area contributed by atoms with Gasteiger partial charge in [0.1, 0.15) is 11.5 Å². The van der Waals surface area contributed by atoms with Crippen LogP contribution in [0.25, 0.3) is 0 Å². The van der Waals surface area contributed by atoms with Gasteiger partial charge in [0.25, 0.3) is 0 Å². The highest BCUT2D eigenvalue weighted by Crippen LogP contribution is 2.26. The number of hydrogen-bond acceptors (Lipinski definition) is 4. The molecule has 0 radical (unpaired) electrons. The third kappa shape index (κ3) is 5.18. The van der Waals surface area contributed by atoms with Crippen molar-refractivity contribution in [3.8, 4) is 11.5 Å². The zero-order chi connectivity index (χ0) is 16.7. The summed E-state index contributed by atoms with van der Waals surface area (Å²) in [5.74, 6) is 1.63. The van der Waals surface area contributed by atoms with Crippen LogP contribution in [0.2, 0.25) is 0 Å². The number of benzene rings is 2. The zero-order valence-corrected chi connectivity index (χ0v) is 14.0. The van der Waals surface area contributed by atoms with E-state index < -0.39 is 0 Å². The van der Waals surface area contributed by atoms with Crippen LogP contribution < -0.4 is 14.8 Å². The Bertz CT molecular complexity index is 609. The predicted octanol–water partition coefficient (Wildman–Crippen LogP) is 3.63. The minimum Gasteiger partial charge on any atom is -0.497 e. The molecule has 0 heterocycles. The molecule has 0 aliphatic rings. The molecule has 4 nitrogen and oxygen atoms in total. The van der Waals surface area contributed by atoms with E-state index >= 15 is 0 Å². The van der Waals surface area contributed by atoms with Crippen LogP contribution in [0.3, 0.4) is 0 Å². The van der Waals surface area contributed by atoms with Gasteiger partial charge in [-0.15, -0.1) is 0 Å². The van der Waals surface area contributed by atoms with E-state index in [9.17, 15) is 0 Å². The third-order valence-electron chi connectivity index (χ3n) is 3.47. The third-order valence-corrected chi connectivity index (χ3v) is 3.47.